The summed E-state index contributed by atoms with van der Waals surface area (Å²) in [5.74, 6) is -0.986. The van der Waals surface area contributed by atoms with Gasteiger partial charge in [-0.25, -0.2) is 8.78 Å². The highest BCUT2D eigenvalue weighted by Crippen LogP contribution is 2.23. The minimum atomic E-state index is -0.865. The Hall–Kier alpha value is -1.98. The number of rotatable bonds is 6. The fourth-order valence-corrected chi connectivity index (χ4v) is 2.36. The first-order chi connectivity index (χ1) is 10.5. The Labute approximate surface area is 128 Å². The molecule has 0 aliphatic rings. The van der Waals surface area contributed by atoms with Crippen molar-refractivity contribution in [1.29, 1.82) is 0 Å². The van der Waals surface area contributed by atoms with Crippen molar-refractivity contribution in [1.82, 2.24) is 4.90 Å². The third-order valence-electron chi connectivity index (χ3n) is 3.62. The lowest BCUT2D eigenvalue weighted by molar-refractivity contribution is 0.142. The largest absolute Gasteiger partial charge is 0.497 e. The molecular weight excluding hydrogens is 288 g/mol. The third kappa shape index (κ3) is 3.81. The topological polar surface area (TPSA) is 32.7 Å². The Bertz CT molecular complexity index is 617. The number of benzene rings is 2. The molecule has 0 amide bonds. The van der Waals surface area contributed by atoms with Crippen LogP contribution in [0, 0.1) is 11.6 Å². The van der Waals surface area contributed by atoms with Crippen LogP contribution in [0.25, 0.3) is 0 Å². The summed E-state index contributed by atoms with van der Waals surface area (Å²) >= 11 is 0. The second-order valence-electron chi connectivity index (χ2n) is 5.14. The predicted octanol–water partition coefficient (Wildman–Crippen LogP) is 3.14. The molecule has 0 saturated heterocycles. The van der Waals surface area contributed by atoms with Gasteiger partial charge >= 0.3 is 0 Å². The highest BCUT2D eigenvalue weighted by atomic mass is 19.2. The van der Waals surface area contributed by atoms with Crippen LogP contribution >= 0.6 is 0 Å². The van der Waals surface area contributed by atoms with Gasteiger partial charge in [-0.1, -0.05) is 18.2 Å². The lowest BCUT2D eigenvalue weighted by atomic mass is 10.1. The molecule has 0 aliphatic heterocycles. The number of hydrogen-bond acceptors (Lipinski definition) is 3. The molecule has 0 fully saturated rings. The van der Waals surface area contributed by atoms with Gasteiger partial charge in [-0.2, -0.15) is 0 Å². The SMILES string of the molecule is COc1ccc(C(CO)N(C)Cc2ccc(F)c(F)c2)cc1. The van der Waals surface area contributed by atoms with Crippen LogP contribution in [0.2, 0.25) is 0 Å². The molecule has 22 heavy (non-hydrogen) atoms. The molecule has 0 saturated carbocycles. The molecule has 1 atom stereocenters. The van der Waals surface area contributed by atoms with E-state index in [1.54, 1.807) is 7.11 Å². The molecule has 1 unspecified atom stereocenters. The van der Waals surface area contributed by atoms with E-state index in [2.05, 4.69) is 0 Å². The summed E-state index contributed by atoms with van der Waals surface area (Å²) in [6.07, 6.45) is 0. The fourth-order valence-electron chi connectivity index (χ4n) is 2.36. The van der Waals surface area contributed by atoms with Gasteiger partial charge in [0, 0.05) is 6.54 Å². The van der Waals surface area contributed by atoms with Crippen LogP contribution in [-0.4, -0.2) is 30.8 Å². The minimum absolute atomic E-state index is 0.0769. The first-order valence-corrected chi connectivity index (χ1v) is 6.94. The van der Waals surface area contributed by atoms with E-state index in [0.29, 0.717) is 12.1 Å². The summed E-state index contributed by atoms with van der Waals surface area (Å²) in [7, 11) is 3.42. The highest BCUT2D eigenvalue weighted by Gasteiger charge is 2.17. The van der Waals surface area contributed by atoms with Crippen LogP contribution in [0.15, 0.2) is 42.5 Å². The average Bonchev–Trinajstić information content (AvgIpc) is 2.52. The predicted molar refractivity (Wildman–Crippen MR) is 80.6 cm³/mol. The molecule has 1 N–H and O–H groups in total. The number of ether oxygens (including phenoxy) is 1. The monoisotopic (exact) mass is 307 g/mol. The number of methoxy groups -OCH3 is 1. The van der Waals surface area contributed by atoms with Crippen molar-refractivity contribution in [3.63, 3.8) is 0 Å². The van der Waals surface area contributed by atoms with Crippen LogP contribution in [0.3, 0.4) is 0 Å². The van der Waals surface area contributed by atoms with Crippen LogP contribution in [0.1, 0.15) is 17.2 Å². The molecule has 0 bridgehead atoms. The Morgan fingerprint density at radius 2 is 1.77 bits per heavy atom. The summed E-state index contributed by atoms with van der Waals surface area (Å²) in [4.78, 5) is 1.88. The maximum Gasteiger partial charge on any atom is 0.159 e. The fraction of sp³-hybridized carbons (Fsp3) is 0.294. The lowest BCUT2D eigenvalue weighted by Gasteiger charge is -2.27. The van der Waals surface area contributed by atoms with Gasteiger partial charge in [0.15, 0.2) is 11.6 Å². The van der Waals surface area contributed by atoms with Crippen molar-refractivity contribution in [2.75, 3.05) is 20.8 Å². The van der Waals surface area contributed by atoms with E-state index < -0.39 is 11.6 Å². The maximum atomic E-state index is 13.3. The summed E-state index contributed by atoms with van der Waals surface area (Å²) in [6.45, 7) is 0.320. The van der Waals surface area contributed by atoms with E-state index in [1.807, 2.05) is 36.2 Å². The Kier molecular flexibility index (Phi) is 5.46. The minimum Gasteiger partial charge on any atom is -0.497 e. The van der Waals surface area contributed by atoms with Crippen LogP contribution < -0.4 is 4.74 Å². The maximum absolute atomic E-state index is 13.3. The van der Waals surface area contributed by atoms with E-state index in [1.165, 1.54) is 12.1 Å². The molecule has 3 nitrogen and oxygen atoms in total. The van der Waals surface area contributed by atoms with Gasteiger partial charge in [-0.05, 0) is 42.4 Å². The van der Waals surface area contributed by atoms with E-state index >= 15 is 0 Å². The Morgan fingerprint density at radius 1 is 1.09 bits per heavy atom. The first kappa shape index (κ1) is 16.4. The van der Waals surface area contributed by atoms with Gasteiger partial charge in [0.2, 0.25) is 0 Å². The van der Waals surface area contributed by atoms with Gasteiger partial charge < -0.3 is 9.84 Å². The van der Waals surface area contributed by atoms with Gasteiger partial charge in [0.25, 0.3) is 0 Å². The second-order valence-corrected chi connectivity index (χ2v) is 5.14. The van der Waals surface area contributed by atoms with Crippen molar-refractivity contribution in [3.05, 3.63) is 65.2 Å². The quantitative estimate of drug-likeness (QED) is 0.890. The smallest absolute Gasteiger partial charge is 0.159 e. The van der Waals surface area contributed by atoms with Crippen molar-refractivity contribution < 1.29 is 18.6 Å². The normalized spacial score (nSPS) is 12.5. The number of halogens is 2. The molecule has 2 aromatic carbocycles. The van der Waals surface area contributed by atoms with Crippen LogP contribution in [0.5, 0.6) is 5.75 Å². The zero-order valence-electron chi connectivity index (χ0n) is 12.6. The molecule has 118 valence electrons. The summed E-state index contributed by atoms with van der Waals surface area (Å²) < 4.78 is 31.3. The number of aliphatic hydroxyl groups is 1. The molecule has 5 heteroatoms. The zero-order chi connectivity index (χ0) is 16.1. The van der Waals surface area contributed by atoms with E-state index in [0.717, 1.165) is 17.4 Å². The van der Waals surface area contributed by atoms with Gasteiger partial charge in [-0.3, -0.25) is 4.90 Å². The van der Waals surface area contributed by atoms with E-state index in [-0.39, 0.29) is 12.6 Å². The number of likely N-dealkylation sites (N-methyl/N-ethyl adjacent to an activating group) is 1. The summed E-state index contributed by atoms with van der Waals surface area (Å²) in [5, 5.41) is 9.65. The van der Waals surface area contributed by atoms with Crippen molar-refractivity contribution in [2.45, 2.75) is 12.6 Å². The summed E-state index contributed by atoms with van der Waals surface area (Å²) in [5.41, 5.74) is 1.57. The molecule has 0 radical (unpaired) electrons. The van der Waals surface area contributed by atoms with Crippen molar-refractivity contribution in [2.24, 2.45) is 0 Å². The zero-order valence-corrected chi connectivity index (χ0v) is 12.6. The van der Waals surface area contributed by atoms with E-state index in [9.17, 15) is 13.9 Å². The third-order valence-corrected chi connectivity index (χ3v) is 3.62. The van der Waals surface area contributed by atoms with Crippen molar-refractivity contribution >= 4 is 0 Å². The van der Waals surface area contributed by atoms with Gasteiger partial charge in [0.1, 0.15) is 5.75 Å². The summed E-state index contributed by atoms with van der Waals surface area (Å²) in [6, 6.07) is 11.0. The highest BCUT2D eigenvalue weighted by molar-refractivity contribution is 5.29. The second kappa shape index (κ2) is 7.33. The van der Waals surface area contributed by atoms with Crippen LogP contribution in [0.4, 0.5) is 8.78 Å². The van der Waals surface area contributed by atoms with Gasteiger partial charge in [-0.15, -0.1) is 0 Å². The Morgan fingerprint density at radius 3 is 2.32 bits per heavy atom. The molecule has 0 aliphatic carbocycles. The molecule has 0 heterocycles. The van der Waals surface area contributed by atoms with Crippen molar-refractivity contribution in [3.8, 4) is 5.75 Å². The number of hydrogen-bond donors (Lipinski definition) is 1. The molecule has 0 spiro atoms. The van der Waals surface area contributed by atoms with E-state index in [4.69, 9.17) is 4.74 Å². The standard InChI is InChI=1S/C17H19F2NO2/c1-20(10-12-3-8-15(18)16(19)9-12)17(11-21)13-4-6-14(22-2)7-5-13/h3-9,17,21H,10-11H2,1-2H3. The first-order valence-electron chi connectivity index (χ1n) is 6.94. The van der Waals surface area contributed by atoms with Gasteiger partial charge in [0.05, 0.1) is 19.8 Å². The van der Waals surface area contributed by atoms with Crippen LogP contribution in [-0.2, 0) is 6.54 Å². The molecular formula is C17H19F2NO2. The Balaban J connectivity index is 2.13. The average molecular weight is 307 g/mol. The number of aliphatic hydroxyl groups excluding tert-OH is 1. The number of nitrogens with zero attached hydrogens (tertiary/aromatic N) is 1. The molecule has 2 aromatic rings. The molecule has 0 aromatic heterocycles. The lowest BCUT2D eigenvalue weighted by Crippen LogP contribution is -2.27. The molecule has 2 rings (SSSR count).